The second-order valence-corrected chi connectivity index (χ2v) is 6.00. The fourth-order valence-corrected chi connectivity index (χ4v) is 1.82. The van der Waals surface area contributed by atoms with E-state index in [1.54, 1.807) is 13.2 Å². The minimum Gasteiger partial charge on any atom is -0.496 e. The van der Waals surface area contributed by atoms with Gasteiger partial charge in [0.25, 0.3) is 0 Å². The molecule has 112 valence electrons. The van der Waals surface area contributed by atoms with E-state index in [0.717, 1.165) is 24.3 Å². The highest BCUT2D eigenvalue weighted by molar-refractivity contribution is 5.97. The predicted octanol–water partition coefficient (Wildman–Crippen LogP) is 2.32. The molecule has 20 heavy (non-hydrogen) atoms. The molecule has 0 atom stereocenters. The number of hydrogen-bond donors (Lipinski definition) is 3. The number of benzene rings is 1. The van der Waals surface area contributed by atoms with Crippen molar-refractivity contribution in [2.45, 2.75) is 33.7 Å². The molecule has 1 rings (SSSR count). The zero-order valence-corrected chi connectivity index (χ0v) is 12.7. The van der Waals surface area contributed by atoms with Crippen LogP contribution < -0.4 is 15.8 Å². The van der Waals surface area contributed by atoms with E-state index in [1.165, 1.54) is 0 Å². The van der Waals surface area contributed by atoms with Crippen molar-refractivity contribution in [1.82, 2.24) is 5.32 Å². The third kappa shape index (κ3) is 5.09. The first-order valence-electron chi connectivity index (χ1n) is 6.73. The van der Waals surface area contributed by atoms with Crippen LogP contribution in [0.2, 0.25) is 0 Å². The van der Waals surface area contributed by atoms with Gasteiger partial charge in [0.15, 0.2) is 5.84 Å². The van der Waals surface area contributed by atoms with E-state index >= 15 is 0 Å². The molecule has 0 aromatic heterocycles. The highest BCUT2D eigenvalue weighted by atomic mass is 16.5. The average Bonchev–Trinajstić information content (AvgIpc) is 2.41. The third-order valence-electron chi connectivity index (χ3n) is 3.05. The van der Waals surface area contributed by atoms with Crippen molar-refractivity contribution < 1.29 is 9.94 Å². The van der Waals surface area contributed by atoms with Crippen LogP contribution in [-0.4, -0.2) is 24.7 Å². The van der Waals surface area contributed by atoms with Gasteiger partial charge in [0.1, 0.15) is 5.75 Å². The summed E-state index contributed by atoms with van der Waals surface area (Å²) < 4.78 is 5.33. The minimum absolute atomic E-state index is 0.101. The van der Waals surface area contributed by atoms with Crippen molar-refractivity contribution in [3.8, 4) is 5.75 Å². The van der Waals surface area contributed by atoms with Crippen LogP contribution in [0.4, 0.5) is 0 Å². The summed E-state index contributed by atoms with van der Waals surface area (Å²) in [4.78, 5) is 0. The number of methoxy groups -OCH3 is 1. The Morgan fingerprint density at radius 1 is 1.40 bits per heavy atom. The van der Waals surface area contributed by atoms with E-state index in [0.29, 0.717) is 17.5 Å². The van der Waals surface area contributed by atoms with E-state index in [4.69, 9.17) is 15.7 Å². The van der Waals surface area contributed by atoms with Crippen molar-refractivity contribution in [3.63, 3.8) is 0 Å². The Labute approximate surface area is 120 Å². The molecule has 5 nitrogen and oxygen atoms in total. The van der Waals surface area contributed by atoms with Gasteiger partial charge in [-0.2, -0.15) is 0 Å². The summed E-state index contributed by atoms with van der Waals surface area (Å²) in [5.74, 6) is 0.895. The molecule has 0 aliphatic heterocycles. The number of hydrogen-bond acceptors (Lipinski definition) is 4. The molecule has 0 saturated heterocycles. The SMILES string of the molecule is COc1ccc(/C(N)=N/O)cc1CNCCC(C)(C)C. The summed E-state index contributed by atoms with van der Waals surface area (Å²) in [5.41, 5.74) is 7.59. The van der Waals surface area contributed by atoms with Crippen LogP contribution in [0.15, 0.2) is 23.4 Å². The van der Waals surface area contributed by atoms with Crippen LogP contribution >= 0.6 is 0 Å². The van der Waals surface area contributed by atoms with Gasteiger partial charge in [-0.25, -0.2) is 0 Å². The lowest BCUT2D eigenvalue weighted by atomic mass is 9.92. The largest absolute Gasteiger partial charge is 0.496 e. The van der Waals surface area contributed by atoms with Gasteiger partial charge in [-0.1, -0.05) is 25.9 Å². The molecule has 0 heterocycles. The Balaban J connectivity index is 2.72. The molecular weight excluding hydrogens is 254 g/mol. The Kier molecular flexibility index (Phi) is 5.82. The maximum atomic E-state index is 8.73. The van der Waals surface area contributed by atoms with Crippen LogP contribution in [-0.2, 0) is 6.54 Å². The molecule has 0 saturated carbocycles. The van der Waals surface area contributed by atoms with Gasteiger partial charge in [0, 0.05) is 17.7 Å². The highest BCUT2D eigenvalue weighted by Gasteiger charge is 2.10. The fraction of sp³-hybridized carbons (Fsp3) is 0.533. The van der Waals surface area contributed by atoms with Gasteiger partial charge in [0.05, 0.1) is 7.11 Å². The second-order valence-electron chi connectivity index (χ2n) is 6.00. The van der Waals surface area contributed by atoms with Crippen molar-refractivity contribution in [2.24, 2.45) is 16.3 Å². The lowest BCUT2D eigenvalue weighted by molar-refractivity contribution is 0.318. The lowest BCUT2D eigenvalue weighted by Gasteiger charge is -2.18. The van der Waals surface area contributed by atoms with Crippen molar-refractivity contribution >= 4 is 5.84 Å². The van der Waals surface area contributed by atoms with E-state index in [-0.39, 0.29) is 5.84 Å². The molecule has 1 aromatic rings. The number of oxime groups is 1. The van der Waals surface area contributed by atoms with E-state index < -0.39 is 0 Å². The molecule has 4 N–H and O–H groups in total. The molecule has 0 spiro atoms. The van der Waals surface area contributed by atoms with Crippen LogP contribution in [0, 0.1) is 5.41 Å². The molecule has 0 aliphatic carbocycles. The van der Waals surface area contributed by atoms with Crippen molar-refractivity contribution in [2.75, 3.05) is 13.7 Å². The molecular formula is C15H25N3O2. The summed E-state index contributed by atoms with van der Waals surface area (Å²) in [5, 5.41) is 15.1. The zero-order chi connectivity index (χ0) is 15.2. The maximum absolute atomic E-state index is 8.73. The van der Waals surface area contributed by atoms with E-state index in [9.17, 15) is 0 Å². The van der Waals surface area contributed by atoms with E-state index in [1.807, 2.05) is 12.1 Å². The van der Waals surface area contributed by atoms with Gasteiger partial charge in [-0.15, -0.1) is 0 Å². The van der Waals surface area contributed by atoms with E-state index in [2.05, 4.69) is 31.2 Å². The van der Waals surface area contributed by atoms with Crippen LogP contribution in [0.3, 0.4) is 0 Å². The van der Waals surface area contributed by atoms with Crippen LogP contribution in [0.25, 0.3) is 0 Å². The lowest BCUT2D eigenvalue weighted by Crippen LogP contribution is -2.21. The number of nitrogens with one attached hydrogen (secondary N) is 1. The molecule has 5 heteroatoms. The highest BCUT2D eigenvalue weighted by Crippen LogP contribution is 2.21. The third-order valence-corrected chi connectivity index (χ3v) is 3.05. The minimum atomic E-state index is 0.101. The molecule has 0 amide bonds. The molecule has 0 fully saturated rings. The van der Waals surface area contributed by atoms with Crippen molar-refractivity contribution in [1.29, 1.82) is 0 Å². The quantitative estimate of drug-likeness (QED) is 0.245. The van der Waals surface area contributed by atoms with Gasteiger partial charge < -0.3 is 21.0 Å². The number of ether oxygens (including phenoxy) is 1. The average molecular weight is 279 g/mol. The fourth-order valence-electron chi connectivity index (χ4n) is 1.82. The predicted molar refractivity (Wildman–Crippen MR) is 81.3 cm³/mol. The first kappa shape index (κ1) is 16.3. The smallest absolute Gasteiger partial charge is 0.170 e. The maximum Gasteiger partial charge on any atom is 0.170 e. The standard InChI is InChI=1S/C15H25N3O2/c1-15(2,3)7-8-17-10-12-9-11(14(16)18-19)5-6-13(12)20-4/h5-6,9,17,19H,7-8,10H2,1-4H3,(H2,16,18). The number of nitrogens with zero attached hydrogens (tertiary/aromatic N) is 1. The zero-order valence-electron chi connectivity index (χ0n) is 12.7. The Morgan fingerprint density at radius 2 is 2.10 bits per heavy atom. The van der Waals surface area contributed by atoms with Crippen LogP contribution in [0.1, 0.15) is 38.3 Å². The van der Waals surface area contributed by atoms with Gasteiger partial charge in [-0.3, -0.25) is 0 Å². The first-order chi connectivity index (χ1) is 9.37. The molecule has 0 bridgehead atoms. The summed E-state index contributed by atoms with van der Waals surface area (Å²) in [6.45, 7) is 8.27. The normalized spacial score (nSPS) is 12.5. The first-order valence-corrected chi connectivity index (χ1v) is 6.73. The van der Waals surface area contributed by atoms with Crippen molar-refractivity contribution in [3.05, 3.63) is 29.3 Å². The number of rotatable bonds is 6. The molecule has 0 unspecified atom stereocenters. The molecule has 1 aromatic carbocycles. The Morgan fingerprint density at radius 3 is 2.65 bits per heavy atom. The Bertz CT molecular complexity index is 465. The molecule has 0 aliphatic rings. The molecule has 0 radical (unpaired) electrons. The Hall–Kier alpha value is -1.75. The number of nitrogens with two attached hydrogens (primary N) is 1. The number of amidine groups is 1. The summed E-state index contributed by atoms with van der Waals surface area (Å²) in [6, 6.07) is 5.47. The second kappa shape index (κ2) is 7.14. The summed E-state index contributed by atoms with van der Waals surface area (Å²) >= 11 is 0. The topological polar surface area (TPSA) is 79.9 Å². The van der Waals surface area contributed by atoms with Gasteiger partial charge >= 0.3 is 0 Å². The van der Waals surface area contributed by atoms with Gasteiger partial charge in [-0.05, 0) is 36.6 Å². The summed E-state index contributed by atoms with van der Waals surface area (Å²) in [7, 11) is 1.64. The monoisotopic (exact) mass is 279 g/mol. The van der Waals surface area contributed by atoms with Gasteiger partial charge in [0.2, 0.25) is 0 Å². The van der Waals surface area contributed by atoms with Crippen LogP contribution in [0.5, 0.6) is 5.75 Å². The summed E-state index contributed by atoms with van der Waals surface area (Å²) in [6.07, 6.45) is 1.09.